The molecular formula is C15H21IN4OS. The van der Waals surface area contributed by atoms with E-state index in [9.17, 15) is 0 Å². The Bertz CT molecular complexity index is 575. The molecule has 0 atom stereocenters. The van der Waals surface area contributed by atoms with Gasteiger partial charge in [0.15, 0.2) is 5.96 Å². The first kappa shape index (κ1) is 18.7. The van der Waals surface area contributed by atoms with E-state index in [-0.39, 0.29) is 24.0 Å². The van der Waals surface area contributed by atoms with Crippen molar-refractivity contribution in [3.05, 3.63) is 46.3 Å². The largest absolute Gasteiger partial charge is 0.481 e. The summed E-state index contributed by atoms with van der Waals surface area (Å²) in [4.78, 5) is 9.92. The lowest BCUT2D eigenvalue weighted by Gasteiger charge is -2.11. The van der Waals surface area contributed by atoms with Crippen LogP contribution in [-0.2, 0) is 13.0 Å². The molecule has 0 saturated heterocycles. The number of aromatic nitrogens is 1. The van der Waals surface area contributed by atoms with Crippen molar-refractivity contribution < 1.29 is 4.74 Å². The Labute approximate surface area is 152 Å². The highest BCUT2D eigenvalue weighted by molar-refractivity contribution is 14.0. The molecule has 2 rings (SSSR count). The van der Waals surface area contributed by atoms with E-state index in [2.05, 4.69) is 38.1 Å². The number of halogens is 1. The van der Waals surface area contributed by atoms with Crippen LogP contribution in [-0.4, -0.2) is 31.6 Å². The summed E-state index contributed by atoms with van der Waals surface area (Å²) in [5, 5.41) is 8.63. The molecular weight excluding hydrogens is 411 g/mol. The summed E-state index contributed by atoms with van der Waals surface area (Å²) in [5.74, 6) is 1.39. The Morgan fingerprint density at radius 3 is 2.82 bits per heavy atom. The fraction of sp³-hybridized carbons (Fsp3) is 0.333. The van der Waals surface area contributed by atoms with Gasteiger partial charge in [0.2, 0.25) is 5.88 Å². The molecule has 0 radical (unpaired) electrons. The van der Waals surface area contributed by atoms with E-state index in [1.54, 1.807) is 25.5 Å². The van der Waals surface area contributed by atoms with Crippen LogP contribution in [0, 0.1) is 0 Å². The molecule has 2 aromatic heterocycles. The predicted octanol–water partition coefficient (Wildman–Crippen LogP) is 2.68. The molecule has 22 heavy (non-hydrogen) atoms. The van der Waals surface area contributed by atoms with Crippen molar-refractivity contribution in [2.24, 2.45) is 4.99 Å². The minimum atomic E-state index is 0. The van der Waals surface area contributed by atoms with E-state index in [4.69, 9.17) is 4.74 Å². The Hall–Kier alpha value is -1.35. The lowest BCUT2D eigenvalue weighted by atomic mass is 10.3. The van der Waals surface area contributed by atoms with Gasteiger partial charge in [-0.25, -0.2) is 4.98 Å². The SMILES string of the molecule is CN=C(NCCc1cccs1)NCc1cccc(OC)n1.I. The van der Waals surface area contributed by atoms with Gasteiger partial charge in [0, 0.05) is 24.5 Å². The molecule has 5 nitrogen and oxygen atoms in total. The van der Waals surface area contributed by atoms with Crippen molar-refractivity contribution in [2.45, 2.75) is 13.0 Å². The lowest BCUT2D eigenvalue weighted by molar-refractivity contribution is 0.396. The number of guanidine groups is 1. The van der Waals surface area contributed by atoms with Crippen molar-refractivity contribution in [2.75, 3.05) is 20.7 Å². The summed E-state index contributed by atoms with van der Waals surface area (Å²) in [6, 6.07) is 9.92. The van der Waals surface area contributed by atoms with Crippen LogP contribution in [0.5, 0.6) is 5.88 Å². The van der Waals surface area contributed by atoms with Crippen LogP contribution in [0.25, 0.3) is 0 Å². The summed E-state index contributed by atoms with van der Waals surface area (Å²) >= 11 is 1.77. The number of pyridine rings is 1. The zero-order chi connectivity index (χ0) is 14.9. The van der Waals surface area contributed by atoms with Crippen LogP contribution >= 0.6 is 35.3 Å². The Balaban J connectivity index is 0.00000242. The average Bonchev–Trinajstić information content (AvgIpc) is 3.04. The smallest absolute Gasteiger partial charge is 0.213 e. The Morgan fingerprint density at radius 2 is 2.14 bits per heavy atom. The summed E-state index contributed by atoms with van der Waals surface area (Å²) in [5.41, 5.74) is 0.913. The summed E-state index contributed by atoms with van der Waals surface area (Å²) in [6.45, 7) is 1.46. The van der Waals surface area contributed by atoms with Crippen molar-refractivity contribution in [1.29, 1.82) is 0 Å². The molecule has 7 heteroatoms. The maximum atomic E-state index is 5.11. The number of rotatable bonds is 6. The number of nitrogens with zero attached hydrogens (tertiary/aromatic N) is 2. The van der Waals surface area contributed by atoms with Crippen molar-refractivity contribution >= 4 is 41.3 Å². The van der Waals surface area contributed by atoms with E-state index >= 15 is 0 Å². The minimum Gasteiger partial charge on any atom is -0.481 e. The highest BCUT2D eigenvalue weighted by Gasteiger charge is 2.01. The minimum absolute atomic E-state index is 0. The lowest BCUT2D eigenvalue weighted by Crippen LogP contribution is -2.37. The molecule has 2 heterocycles. The maximum Gasteiger partial charge on any atom is 0.213 e. The highest BCUT2D eigenvalue weighted by atomic mass is 127. The second kappa shape index (κ2) is 10.4. The number of methoxy groups -OCH3 is 1. The second-order valence-corrected chi connectivity index (χ2v) is 5.39. The van der Waals surface area contributed by atoms with Gasteiger partial charge in [0.05, 0.1) is 19.3 Å². The standard InChI is InChI=1S/C15H20N4OS.HI/c1-16-15(17-9-8-13-6-4-10-21-13)18-11-12-5-3-7-14(19-12)20-2;/h3-7,10H,8-9,11H2,1-2H3,(H2,16,17,18);1H. The molecule has 2 N–H and O–H groups in total. The second-order valence-electron chi connectivity index (χ2n) is 4.35. The maximum absolute atomic E-state index is 5.11. The molecule has 0 unspecified atom stereocenters. The zero-order valence-corrected chi connectivity index (χ0v) is 15.9. The van der Waals surface area contributed by atoms with E-state index < -0.39 is 0 Å². The first-order chi connectivity index (χ1) is 10.3. The van der Waals surface area contributed by atoms with Gasteiger partial charge < -0.3 is 15.4 Å². The number of aliphatic imine (C=N–C) groups is 1. The van der Waals surface area contributed by atoms with E-state index in [0.29, 0.717) is 12.4 Å². The van der Waals surface area contributed by atoms with Gasteiger partial charge in [0.1, 0.15) is 0 Å². The van der Waals surface area contributed by atoms with E-state index in [1.807, 2.05) is 18.2 Å². The molecule has 2 aromatic rings. The van der Waals surface area contributed by atoms with E-state index in [0.717, 1.165) is 24.6 Å². The molecule has 0 aliphatic heterocycles. The molecule has 120 valence electrons. The molecule has 0 aromatic carbocycles. The quantitative estimate of drug-likeness (QED) is 0.419. The normalized spacial score (nSPS) is 10.7. The van der Waals surface area contributed by atoms with Crippen LogP contribution in [0.3, 0.4) is 0 Å². The van der Waals surface area contributed by atoms with Crippen LogP contribution < -0.4 is 15.4 Å². The molecule has 0 bridgehead atoms. The van der Waals surface area contributed by atoms with E-state index in [1.165, 1.54) is 4.88 Å². The van der Waals surface area contributed by atoms with Crippen LogP contribution in [0.2, 0.25) is 0 Å². The summed E-state index contributed by atoms with van der Waals surface area (Å²) < 4.78 is 5.11. The Kier molecular flexibility index (Phi) is 8.83. The number of thiophene rings is 1. The van der Waals surface area contributed by atoms with Gasteiger partial charge in [-0.05, 0) is 23.9 Å². The third-order valence-corrected chi connectivity index (χ3v) is 3.83. The van der Waals surface area contributed by atoms with Crippen LogP contribution in [0.4, 0.5) is 0 Å². The van der Waals surface area contributed by atoms with Gasteiger partial charge in [0.25, 0.3) is 0 Å². The van der Waals surface area contributed by atoms with Gasteiger partial charge in [-0.3, -0.25) is 4.99 Å². The number of nitrogens with one attached hydrogen (secondary N) is 2. The molecule has 0 fully saturated rings. The predicted molar refractivity (Wildman–Crippen MR) is 102 cm³/mol. The summed E-state index contributed by atoms with van der Waals surface area (Å²) in [6.07, 6.45) is 0.996. The molecule has 0 aliphatic carbocycles. The van der Waals surface area contributed by atoms with Crippen molar-refractivity contribution in [3.8, 4) is 5.88 Å². The van der Waals surface area contributed by atoms with Gasteiger partial charge in [-0.15, -0.1) is 35.3 Å². The molecule has 0 saturated carbocycles. The summed E-state index contributed by atoms with van der Waals surface area (Å²) in [7, 11) is 3.38. The molecule has 0 amide bonds. The monoisotopic (exact) mass is 432 g/mol. The number of ether oxygens (including phenoxy) is 1. The van der Waals surface area contributed by atoms with Gasteiger partial charge >= 0.3 is 0 Å². The molecule has 0 aliphatic rings. The van der Waals surface area contributed by atoms with Crippen molar-refractivity contribution in [1.82, 2.24) is 15.6 Å². The average molecular weight is 432 g/mol. The van der Waals surface area contributed by atoms with Gasteiger partial charge in [-0.2, -0.15) is 0 Å². The zero-order valence-electron chi connectivity index (χ0n) is 12.7. The Morgan fingerprint density at radius 1 is 1.27 bits per heavy atom. The topological polar surface area (TPSA) is 58.5 Å². The van der Waals surface area contributed by atoms with Crippen LogP contribution in [0.15, 0.2) is 40.7 Å². The molecule has 0 spiro atoms. The first-order valence-electron chi connectivity index (χ1n) is 6.78. The highest BCUT2D eigenvalue weighted by Crippen LogP contribution is 2.08. The number of hydrogen-bond donors (Lipinski definition) is 2. The van der Waals surface area contributed by atoms with Crippen LogP contribution in [0.1, 0.15) is 10.6 Å². The fourth-order valence-corrected chi connectivity index (χ4v) is 2.53. The third kappa shape index (κ3) is 6.18. The van der Waals surface area contributed by atoms with Gasteiger partial charge in [-0.1, -0.05) is 12.1 Å². The first-order valence-corrected chi connectivity index (χ1v) is 7.66. The van der Waals surface area contributed by atoms with Crippen molar-refractivity contribution in [3.63, 3.8) is 0 Å². The third-order valence-electron chi connectivity index (χ3n) is 2.89. The number of hydrogen-bond acceptors (Lipinski definition) is 4. The fourth-order valence-electron chi connectivity index (χ4n) is 1.82.